The number of hydrogen-bond acceptors (Lipinski definition) is 3. The standard InChI is InChI=1S/C13H12F2N2O/c14-11-3-9(4-12(15)5-11)6-17-13-7-16-2-1-10(13)8-18/h1-5,7,17-18H,6,8H2. The molecule has 0 aliphatic carbocycles. The van der Waals surface area contributed by atoms with Crippen LogP contribution in [0.2, 0.25) is 0 Å². The summed E-state index contributed by atoms with van der Waals surface area (Å²) in [4.78, 5) is 3.92. The molecule has 0 aliphatic heterocycles. The van der Waals surface area contributed by atoms with E-state index in [-0.39, 0.29) is 13.2 Å². The maximum absolute atomic E-state index is 13.0. The van der Waals surface area contributed by atoms with E-state index in [1.807, 2.05) is 0 Å². The summed E-state index contributed by atoms with van der Waals surface area (Å²) in [5.41, 5.74) is 1.81. The summed E-state index contributed by atoms with van der Waals surface area (Å²) in [6.07, 6.45) is 3.12. The summed E-state index contributed by atoms with van der Waals surface area (Å²) in [5.74, 6) is -1.22. The van der Waals surface area contributed by atoms with Gasteiger partial charge in [-0.25, -0.2) is 8.78 Å². The second kappa shape index (κ2) is 5.55. The molecule has 0 bridgehead atoms. The summed E-state index contributed by atoms with van der Waals surface area (Å²) in [7, 11) is 0. The van der Waals surface area contributed by atoms with Crippen LogP contribution < -0.4 is 5.32 Å². The highest BCUT2D eigenvalue weighted by Crippen LogP contribution is 2.15. The summed E-state index contributed by atoms with van der Waals surface area (Å²) in [5, 5.41) is 12.1. The Morgan fingerprint density at radius 2 is 1.89 bits per heavy atom. The number of benzene rings is 1. The van der Waals surface area contributed by atoms with E-state index in [4.69, 9.17) is 5.11 Å². The number of aromatic nitrogens is 1. The van der Waals surface area contributed by atoms with E-state index in [0.717, 1.165) is 6.07 Å². The molecule has 0 amide bonds. The number of rotatable bonds is 4. The number of aliphatic hydroxyl groups excluding tert-OH is 1. The Balaban J connectivity index is 2.11. The van der Waals surface area contributed by atoms with E-state index in [2.05, 4.69) is 10.3 Å². The molecule has 1 aromatic heterocycles. The van der Waals surface area contributed by atoms with Gasteiger partial charge in [0.1, 0.15) is 11.6 Å². The third-order valence-corrected chi connectivity index (χ3v) is 2.49. The number of aliphatic hydroxyl groups is 1. The molecule has 0 fully saturated rings. The zero-order valence-corrected chi connectivity index (χ0v) is 9.53. The molecule has 0 atom stereocenters. The number of pyridine rings is 1. The highest BCUT2D eigenvalue weighted by molar-refractivity contribution is 5.48. The van der Waals surface area contributed by atoms with E-state index in [1.165, 1.54) is 12.1 Å². The van der Waals surface area contributed by atoms with Crippen molar-refractivity contribution in [3.05, 3.63) is 59.4 Å². The van der Waals surface area contributed by atoms with E-state index < -0.39 is 11.6 Å². The van der Waals surface area contributed by atoms with Crippen molar-refractivity contribution >= 4 is 5.69 Å². The number of anilines is 1. The van der Waals surface area contributed by atoms with Gasteiger partial charge >= 0.3 is 0 Å². The Morgan fingerprint density at radius 3 is 2.56 bits per heavy atom. The first-order valence-electron chi connectivity index (χ1n) is 5.41. The van der Waals surface area contributed by atoms with Crippen molar-refractivity contribution < 1.29 is 13.9 Å². The van der Waals surface area contributed by atoms with Gasteiger partial charge in [-0.1, -0.05) is 0 Å². The normalized spacial score (nSPS) is 10.4. The molecule has 2 aromatic rings. The van der Waals surface area contributed by atoms with Crippen LogP contribution in [0.4, 0.5) is 14.5 Å². The van der Waals surface area contributed by atoms with Crippen LogP contribution in [-0.2, 0) is 13.2 Å². The van der Waals surface area contributed by atoms with Gasteiger partial charge in [-0.15, -0.1) is 0 Å². The van der Waals surface area contributed by atoms with Crippen LogP contribution >= 0.6 is 0 Å². The van der Waals surface area contributed by atoms with Crippen LogP contribution in [-0.4, -0.2) is 10.1 Å². The van der Waals surface area contributed by atoms with Crippen molar-refractivity contribution in [2.45, 2.75) is 13.2 Å². The minimum atomic E-state index is -0.611. The number of halogens is 2. The summed E-state index contributed by atoms with van der Waals surface area (Å²) in [6.45, 7) is 0.135. The number of nitrogens with zero attached hydrogens (tertiary/aromatic N) is 1. The second-order valence-electron chi connectivity index (χ2n) is 3.82. The largest absolute Gasteiger partial charge is 0.392 e. The zero-order chi connectivity index (χ0) is 13.0. The molecule has 1 aromatic carbocycles. The molecule has 0 spiro atoms. The predicted molar refractivity (Wildman–Crippen MR) is 63.8 cm³/mol. The highest BCUT2D eigenvalue weighted by atomic mass is 19.1. The second-order valence-corrected chi connectivity index (χ2v) is 3.82. The lowest BCUT2D eigenvalue weighted by Crippen LogP contribution is -2.03. The maximum atomic E-state index is 13.0. The van der Waals surface area contributed by atoms with E-state index in [0.29, 0.717) is 16.8 Å². The molecule has 0 saturated carbocycles. The average Bonchev–Trinajstić information content (AvgIpc) is 2.35. The molecule has 3 nitrogen and oxygen atoms in total. The van der Waals surface area contributed by atoms with E-state index in [1.54, 1.807) is 18.5 Å². The third-order valence-electron chi connectivity index (χ3n) is 2.49. The molecule has 0 saturated heterocycles. The summed E-state index contributed by atoms with van der Waals surface area (Å²) >= 11 is 0. The fourth-order valence-corrected chi connectivity index (χ4v) is 1.63. The lowest BCUT2D eigenvalue weighted by Gasteiger charge is -2.10. The van der Waals surface area contributed by atoms with Crippen LogP contribution in [0, 0.1) is 11.6 Å². The number of hydrogen-bond donors (Lipinski definition) is 2. The smallest absolute Gasteiger partial charge is 0.126 e. The van der Waals surface area contributed by atoms with Gasteiger partial charge in [0, 0.05) is 24.4 Å². The van der Waals surface area contributed by atoms with Crippen LogP contribution in [0.3, 0.4) is 0 Å². The van der Waals surface area contributed by atoms with Gasteiger partial charge in [-0.2, -0.15) is 0 Å². The first-order chi connectivity index (χ1) is 8.69. The molecule has 94 valence electrons. The lowest BCUT2D eigenvalue weighted by atomic mass is 10.2. The Labute approximate surface area is 103 Å². The van der Waals surface area contributed by atoms with Crippen molar-refractivity contribution in [2.75, 3.05) is 5.32 Å². The van der Waals surface area contributed by atoms with Gasteiger partial charge in [0.25, 0.3) is 0 Å². The Kier molecular flexibility index (Phi) is 3.84. The van der Waals surface area contributed by atoms with Gasteiger partial charge in [0.15, 0.2) is 0 Å². The fraction of sp³-hybridized carbons (Fsp3) is 0.154. The van der Waals surface area contributed by atoms with Gasteiger partial charge in [-0.05, 0) is 23.8 Å². The third kappa shape index (κ3) is 3.01. The monoisotopic (exact) mass is 250 g/mol. The molecular formula is C13H12F2N2O. The Bertz CT molecular complexity index is 526. The molecule has 18 heavy (non-hydrogen) atoms. The summed E-state index contributed by atoms with van der Waals surface area (Å²) in [6, 6.07) is 5.01. The predicted octanol–water partition coefficient (Wildman–Crippen LogP) is 2.46. The Hall–Kier alpha value is -2.01. The maximum Gasteiger partial charge on any atom is 0.126 e. The molecule has 0 radical (unpaired) electrons. The first kappa shape index (κ1) is 12.4. The zero-order valence-electron chi connectivity index (χ0n) is 9.53. The topological polar surface area (TPSA) is 45.2 Å². The van der Waals surface area contributed by atoms with Crippen molar-refractivity contribution in [1.82, 2.24) is 4.98 Å². The fourth-order valence-electron chi connectivity index (χ4n) is 1.63. The minimum Gasteiger partial charge on any atom is -0.392 e. The van der Waals surface area contributed by atoms with Crippen LogP contribution in [0.25, 0.3) is 0 Å². The van der Waals surface area contributed by atoms with Crippen LogP contribution in [0.1, 0.15) is 11.1 Å². The molecule has 1 heterocycles. The SMILES string of the molecule is OCc1ccncc1NCc1cc(F)cc(F)c1. The minimum absolute atomic E-state index is 0.123. The van der Waals surface area contributed by atoms with Gasteiger partial charge < -0.3 is 10.4 Å². The molecule has 0 aliphatic rings. The molecule has 2 rings (SSSR count). The van der Waals surface area contributed by atoms with Crippen molar-refractivity contribution in [3.8, 4) is 0 Å². The van der Waals surface area contributed by atoms with Gasteiger partial charge in [-0.3, -0.25) is 4.98 Å². The quantitative estimate of drug-likeness (QED) is 0.876. The highest BCUT2D eigenvalue weighted by Gasteiger charge is 2.03. The van der Waals surface area contributed by atoms with Crippen molar-refractivity contribution in [2.24, 2.45) is 0 Å². The lowest BCUT2D eigenvalue weighted by molar-refractivity contribution is 0.282. The van der Waals surface area contributed by atoms with E-state index in [9.17, 15) is 8.78 Å². The summed E-state index contributed by atoms with van der Waals surface area (Å²) < 4.78 is 26.0. The van der Waals surface area contributed by atoms with E-state index >= 15 is 0 Å². The van der Waals surface area contributed by atoms with Gasteiger partial charge in [0.2, 0.25) is 0 Å². The Morgan fingerprint density at radius 1 is 1.17 bits per heavy atom. The molecule has 2 N–H and O–H groups in total. The van der Waals surface area contributed by atoms with Crippen molar-refractivity contribution in [3.63, 3.8) is 0 Å². The van der Waals surface area contributed by atoms with Gasteiger partial charge in [0.05, 0.1) is 18.5 Å². The van der Waals surface area contributed by atoms with Crippen LogP contribution in [0.15, 0.2) is 36.7 Å². The molecule has 0 unspecified atom stereocenters. The first-order valence-corrected chi connectivity index (χ1v) is 5.41. The number of nitrogens with one attached hydrogen (secondary N) is 1. The van der Waals surface area contributed by atoms with Crippen molar-refractivity contribution in [1.29, 1.82) is 0 Å². The molecule has 5 heteroatoms. The molecular weight excluding hydrogens is 238 g/mol. The van der Waals surface area contributed by atoms with Crippen LogP contribution in [0.5, 0.6) is 0 Å². The average molecular weight is 250 g/mol.